The van der Waals surface area contributed by atoms with Crippen molar-refractivity contribution >= 4 is 6.03 Å². The van der Waals surface area contributed by atoms with Gasteiger partial charge in [-0.05, 0) is 12.0 Å². The van der Waals surface area contributed by atoms with Crippen LogP contribution >= 0.6 is 0 Å². The van der Waals surface area contributed by atoms with Gasteiger partial charge in [-0.15, -0.1) is 0 Å². The van der Waals surface area contributed by atoms with E-state index in [0.29, 0.717) is 0 Å². The molecule has 1 unspecified atom stereocenters. The summed E-state index contributed by atoms with van der Waals surface area (Å²) >= 11 is 0. The van der Waals surface area contributed by atoms with Crippen LogP contribution in [-0.4, -0.2) is 43.7 Å². The Bertz CT molecular complexity index is 366. The molecule has 1 atom stereocenters. The normalized spacial score (nSPS) is 20.1. The number of nitrogens with zero attached hydrogens (tertiary/aromatic N) is 1. The Balaban J connectivity index is 2.04. The summed E-state index contributed by atoms with van der Waals surface area (Å²) in [4.78, 5) is 13.7. The van der Waals surface area contributed by atoms with Gasteiger partial charge >= 0.3 is 6.03 Å². The second-order valence-electron chi connectivity index (χ2n) is 4.30. The number of piperazine rings is 1. The monoisotopic (exact) mass is 233 g/mol. The molecule has 1 saturated heterocycles. The first-order chi connectivity index (χ1) is 8.31. The van der Waals surface area contributed by atoms with Crippen LogP contribution in [0.2, 0.25) is 0 Å². The number of carbonyl (C=O) groups excluding carboxylic acids is 1. The van der Waals surface area contributed by atoms with E-state index in [1.54, 1.807) is 7.05 Å². The lowest BCUT2D eigenvalue weighted by Gasteiger charge is -2.36. The van der Waals surface area contributed by atoms with Crippen LogP contribution in [0.3, 0.4) is 0 Å². The number of amides is 2. The summed E-state index contributed by atoms with van der Waals surface area (Å²) in [6.07, 6.45) is 0.904. The van der Waals surface area contributed by atoms with E-state index in [-0.39, 0.29) is 12.1 Å². The lowest BCUT2D eigenvalue weighted by molar-refractivity contribution is 0.160. The summed E-state index contributed by atoms with van der Waals surface area (Å²) in [6, 6.07) is 10.6. The number of hydrogen-bond acceptors (Lipinski definition) is 2. The quantitative estimate of drug-likeness (QED) is 0.795. The molecule has 1 fully saturated rings. The summed E-state index contributed by atoms with van der Waals surface area (Å²) in [6.45, 7) is 2.51. The predicted octanol–water partition coefficient (Wildman–Crippen LogP) is 0.842. The van der Waals surface area contributed by atoms with Crippen molar-refractivity contribution < 1.29 is 4.79 Å². The molecule has 2 rings (SSSR count). The minimum absolute atomic E-state index is 0.0208. The summed E-state index contributed by atoms with van der Waals surface area (Å²) in [5, 5.41) is 6.05. The maximum Gasteiger partial charge on any atom is 0.317 e. The maximum absolute atomic E-state index is 11.8. The largest absolute Gasteiger partial charge is 0.341 e. The van der Waals surface area contributed by atoms with Crippen LogP contribution in [0.4, 0.5) is 4.79 Å². The highest BCUT2D eigenvalue weighted by molar-refractivity contribution is 5.74. The molecule has 1 aromatic carbocycles. The fourth-order valence-electron chi connectivity index (χ4n) is 2.24. The van der Waals surface area contributed by atoms with Crippen LogP contribution in [0.25, 0.3) is 0 Å². The highest BCUT2D eigenvalue weighted by atomic mass is 16.2. The molecule has 1 aliphatic heterocycles. The third kappa shape index (κ3) is 2.97. The molecule has 4 nitrogen and oxygen atoms in total. The third-order valence-corrected chi connectivity index (χ3v) is 3.14. The summed E-state index contributed by atoms with van der Waals surface area (Å²) in [7, 11) is 1.68. The van der Waals surface area contributed by atoms with E-state index < -0.39 is 0 Å². The van der Waals surface area contributed by atoms with E-state index in [1.165, 1.54) is 5.56 Å². The zero-order chi connectivity index (χ0) is 12.1. The molecule has 17 heavy (non-hydrogen) atoms. The lowest BCUT2D eigenvalue weighted by atomic mass is 10.0. The van der Waals surface area contributed by atoms with Gasteiger partial charge in [0.05, 0.1) is 0 Å². The van der Waals surface area contributed by atoms with Crippen LogP contribution in [-0.2, 0) is 6.42 Å². The number of nitrogens with one attached hydrogen (secondary N) is 2. The van der Waals surface area contributed by atoms with Gasteiger partial charge in [-0.25, -0.2) is 4.79 Å². The van der Waals surface area contributed by atoms with Gasteiger partial charge in [-0.1, -0.05) is 30.3 Å². The van der Waals surface area contributed by atoms with Crippen molar-refractivity contribution in [3.8, 4) is 0 Å². The van der Waals surface area contributed by atoms with Crippen molar-refractivity contribution in [3.63, 3.8) is 0 Å². The first-order valence-corrected chi connectivity index (χ1v) is 6.04. The zero-order valence-electron chi connectivity index (χ0n) is 10.1. The molecule has 0 bridgehead atoms. The van der Waals surface area contributed by atoms with Gasteiger partial charge in [0.25, 0.3) is 0 Å². The molecule has 1 aromatic rings. The second kappa shape index (κ2) is 5.68. The summed E-state index contributed by atoms with van der Waals surface area (Å²) in [5.74, 6) is 0. The molecule has 2 N–H and O–H groups in total. The highest BCUT2D eigenvalue weighted by Gasteiger charge is 2.25. The summed E-state index contributed by atoms with van der Waals surface area (Å²) in [5.41, 5.74) is 1.27. The van der Waals surface area contributed by atoms with Crippen molar-refractivity contribution in [1.29, 1.82) is 0 Å². The Morgan fingerprint density at radius 2 is 2.24 bits per heavy atom. The average molecular weight is 233 g/mol. The predicted molar refractivity (Wildman–Crippen MR) is 68.0 cm³/mol. The maximum atomic E-state index is 11.8. The van der Waals surface area contributed by atoms with E-state index in [9.17, 15) is 4.79 Å². The Kier molecular flexibility index (Phi) is 3.98. The Labute approximate surface area is 102 Å². The molecular weight excluding hydrogens is 214 g/mol. The van der Waals surface area contributed by atoms with Crippen molar-refractivity contribution in [1.82, 2.24) is 15.5 Å². The van der Waals surface area contributed by atoms with E-state index in [0.717, 1.165) is 26.1 Å². The van der Waals surface area contributed by atoms with Crippen LogP contribution in [0.5, 0.6) is 0 Å². The molecule has 0 spiro atoms. The fourth-order valence-corrected chi connectivity index (χ4v) is 2.24. The van der Waals surface area contributed by atoms with Gasteiger partial charge in [0.1, 0.15) is 0 Å². The highest BCUT2D eigenvalue weighted by Crippen LogP contribution is 2.11. The number of urea groups is 1. The molecule has 2 amide bonds. The van der Waals surface area contributed by atoms with Crippen molar-refractivity contribution in [3.05, 3.63) is 35.9 Å². The number of rotatable bonds is 2. The molecule has 0 radical (unpaired) electrons. The first kappa shape index (κ1) is 11.9. The standard InChI is InChI=1S/C13H19N3O/c1-14-13(17)16-8-7-15-10-12(16)9-11-5-3-2-4-6-11/h2-6,12,15H,7-10H2,1H3,(H,14,17). The molecule has 1 aliphatic rings. The SMILES string of the molecule is CNC(=O)N1CCNCC1Cc1ccccc1. The third-order valence-electron chi connectivity index (χ3n) is 3.14. The molecule has 92 valence electrons. The van der Waals surface area contributed by atoms with Gasteiger partial charge in [0.15, 0.2) is 0 Å². The molecule has 0 aromatic heterocycles. The van der Waals surface area contributed by atoms with Crippen LogP contribution in [0.1, 0.15) is 5.56 Å². The minimum atomic E-state index is 0.0208. The van der Waals surface area contributed by atoms with Crippen molar-refractivity contribution in [2.24, 2.45) is 0 Å². The Morgan fingerprint density at radius 3 is 2.94 bits per heavy atom. The minimum Gasteiger partial charge on any atom is -0.341 e. The van der Waals surface area contributed by atoms with E-state index in [2.05, 4.69) is 22.8 Å². The van der Waals surface area contributed by atoms with Gasteiger partial charge in [-0.3, -0.25) is 0 Å². The number of benzene rings is 1. The van der Waals surface area contributed by atoms with Crippen molar-refractivity contribution in [2.75, 3.05) is 26.7 Å². The molecule has 4 heteroatoms. The molecular formula is C13H19N3O. The first-order valence-electron chi connectivity index (χ1n) is 6.04. The van der Waals surface area contributed by atoms with Gasteiger partial charge < -0.3 is 15.5 Å². The topological polar surface area (TPSA) is 44.4 Å². The van der Waals surface area contributed by atoms with Crippen LogP contribution < -0.4 is 10.6 Å². The Morgan fingerprint density at radius 1 is 1.47 bits per heavy atom. The van der Waals surface area contributed by atoms with E-state index >= 15 is 0 Å². The fraction of sp³-hybridized carbons (Fsp3) is 0.462. The van der Waals surface area contributed by atoms with Gasteiger partial charge in [-0.2, -0.15) is 0 Å². The average Bonchev–Trinajstić information content (AvgIpc) is 2.40. The number of carbonyl (C=O) groups is 1. The van der Waals surface area contributed by atoms with Crippen LogP contribution in [0.15, 0.2) is 30.3 Å². The van der Waals surface area contributed by atoms with E-state index in [1.807, 2.05) is 23.1 Å². The zero-order valence-corrected chi connectivity index (χ0v) is 10.1. The van der Waals surface area contributed by atoms with Gasteiger partial charge in [0, 0.05) is 32.7 Å². The summed E-state index contributed by atoms with van der Waals surface area (Å²) < 4.78 is 0. The molecule has 0 saturated carbocycles. The Hall–Kier alpha value is -1.55. The second-order valence-corrected chi connectivity index (χ2v) is 4.30. The van der Waals surface area contributed by atoms with Gasteiger partial charge in [0.2, 0.25) is 0 Å². The lowest BCUT2D eigenvalue weighted by Crippen LogP contribution is -2.56. The van der Waals surface area contributed by atoms with Crippen LogP contribution in [0, 0.1) is 0 Å². The van der Waals surface area contributed by atoms with Crippen molar-refractivity contribution in [2.45, 2.75) is 12.5 Å². The smallest absolute Gasteiger partial charge is 0.317 e. The number of hydrogen-bond donors (Lipinski definition) is 2. The molecule has 1 heterocycles. The molecule has 0 aliphatic carbocycles. The van der Waals surface area contributed by atoms with E-state index in [4.69, 9.17) is 0 Å².